The van der Waals surface area contributed by atoms with Crippen molar-refractivity contribution in [2.24, 2.45) is 4.99 Å². The molecule has 166 valence electrons. The van der Waals surface area contributed by atoms with Crippen LogP contribution in [0.2, 0.25) is 0 Å². The van der Waals surface area contributed by atoms with Crippen LogP contribution in [0.4, 0.5) is 0 Å². The normalized spacial score (nSPS) is 11.4. The Morgan fingerprint density at radius 1 is 1.07 bits per heavy atom. The third kappa shape index (κ3) is 8.69. The van der Waals surface area contributed by atoms with E-state index >= 15 is 0 Å². The minimum atomic E-state index is -0.256. The zero-order valence-electron chi connectivity index (χ0n) is 18.5. The van der Waals surface area contributed by atoms with Crippen molar-refractivity contribution in [1.82, 2.24) is 10.6 Å². The molecule has 2 aromatic carbocycles. The highest BCUT2D eigenvalue weighted by atomic mass is 127. The lowest BCUT2D eigenvalue weighted by Crippen LogP contribution is -2.38. The SMILES string of the molecule is CCNC(=NCc1ccccc1OC(C)(C)C)NCCc1ccc(O)c(OC)c1.I. The quantitative estimate of drug-likeness (QED) is 0.268. The molecule has 0 unspecified atom stereocenters. The molecule has 0 aromatic heterocycles. The summed E-state index contributed by atoms with van der Waals surface area (Å²) in [5.74, 6) is 2.24. The van der Waals surface area contributed by atoms with E-state index < -0.39 is 0 Å². The maximum atomic E-state index is 9.71. The molecule has 0 atom stereocenters. The van der Waals surface area contributed by atoms with E-state index in [0.717, 1.165) is 35.8 Å². The van der Waals surface area contributed by atoms with Crippen LogP contribution < -0.4 is 20.1 Å². The number of guanidine groups is 1. The first-order valence-corrected chi connectivity index (χ1v) is 9.97. The number of ether oxygens (including phenoxy) is 2. The van der Waals surface area contributed by atoms with Gasteiger partial charge in [0.2, 0.25) is 0 Å². The highest BCUT2D eigenvalue weighted by Crippen LogP contribution is 2.26. The molecule has 0 radical (unpaired) electrons. The molecule has 7 heteroatoms. The number of para-hydroxylation sites is 1. The zero-order valence-corrected chi connectivity index (χ0v) is 20.8. The van der Waals surface area contributed by atoms with E-state index in [4.69, 9.17) is 14.5 Å². The van der Waals surface area contributed by atoms with Gasteiger partial charge in [0.25, 0.3) is 0 Å². The molecule has 2 rings (SSSR count). The van der Waals surface area contributed by atoms with Crippen LogP contribution in [0.5, 0.6) is 17.2 Å². The molecule has 0 aliphatic carbocycles. The average molecular weight is 527 g/mol. The molecule has 0 fully saturated rings. The van der Waals surface area contributed by atoms with Gasteiger partial charge in [0, 0.05) is 18.7 Å². The molecule has 0 saturated heterocycles. The molecule has 0 aliphatic rings. The summed E-state index contributed by atoms with van der Waals surface area (Å²) in [6, 6.07) is 13.4. The highest BCUT2D eigenvalue weighted by Gasteiger charge is 2.14. The van der Waals surface area contributed by atoms with Gasteiger partial charge in [0.05, 0.1) is 13.7 Å². The van der Waals surface area contributed by atoms with Gasteiger partial charge < -0.3 is 25.2 Å². The van der Waals surface area contributed by atoms with Gasteiger partial charge in [-0.2, -0.15) is 0 Å². The van der Waals surface area contributed by atoms with Crippen LogP contribution in [0.1, 0.15) is 38.8 Å². The summed E-state index contributed by atoms with van der Waals surface area (Å²) >= 11 is 0. The molecule has 0 spiro atoms. The summed E-state index contributed by atoms with van der Waals surface area (Å²) in [5.41, 5.74) is 1.86. The van der Waals surface area contributed by atoms with Crippen molar-refractivity contribution in [3.63, 3.8) is 0 Å². The fourth-order valence-electron chi connectivity index (χ4n) is 2.77. The Bertz CT molecular complexity index is 820. The second-order valence-electron chi connectivity index (χ2n) is 7.70. The molecule has 0 amide bonds. The summed E-state index contributed by atoms with van der Waals surface area (Å²) in [6.07, 6.45) is 0.783. The third-order valence-electron chi connectivity index (χ3n) is 4.09. The largest absolute Gasteiger partial charge is 0.504 e. The van der Waals surface area contributed by atoms with Gasteiger partial charge in [0.15, 0.2) is 17.5 Å². The molecule has 2 aromatic rings. The maximum absolute atomic E-state index is 9.71. The van der Waals surface area contributed by atoms with E-state index in [-0.39, 0.29) is 35.3 Å². The van der Waals surface area contributed by atoms with Gasteiger partial charge in [-0.15, -0.1) is 24.0 Å². The van der Waals surface area contributed by atoms with Crippen molar-refractivity contribution in [2.45, 2.75) is 46.3 Å². The third-order valence-corrected chi connectivity index (χ3v) is 4.09. The summed E-state index contributed by atoms with van der Waals surface area (Å²) in [6.45, 7) is 10.2. The Kier molecular flexibility index (Phi) is 10.8. The number of aromatic hydroxyl groups is 1. The topological polar surface area (TPSA) is 75.1 Å². The molecule has 6 nitrogen and oxygen atoms in total. The number of halogens is 1. The molecule has 0 heterocycles. The summed E-state index contributed by atoms with van der Waals surface area (Å²) in [4.78, 5) is 4.70. The van der Waals surface area contributed by atoms with Gasteiger partial charge in [-0.1, -0.05) is 24.3 Å². The number of phenolic OH excluding ortho intramolecular Hbond substituents is 1. The molecule has 0 bridgehead atoms. The second-order valence-corrected chi connectivity index (χ2v) is 7.70. The lowest BCUT2D eigenvalue weighted by atomic mass is 10.1. The van der Waals surface area contributed by atoms with Crippen molar-refractivity contribution < 1.29 is 14.6 Å². The van der Waals surface area contributed by atoms with Crippen LogP contribution in [0.3, 0.4) is 0 Å². The summed E-state index contributed by atoms with van der Waals surface area (Å²) in [5, 5.41) is 16.3. The Balaban J connectivity index is 0.00000450. The number of hydrogen-bond donors (Lipinski definition) is 3. The second kappa shape index (κ2) is 12.5. The van der Waals surface area contributed by atoms with Crippen LogP contribution in [-0.4, -0.2) is 36.9 Å². The van der Waals surface area contributed by atoms with Gasteiger partial charge in [0.1, 0.15) is 11.4 Å². The van der Waals surface area contributed by atoms with Crippen LogP contribution in [0, 0.1) is 0 Å². The van der Waals surface area contributed by atoms with Gasteiger partial charge in [-0.05, 0) is 57.9 Å². The van der Waals surface area contributed by atoms with E-state index in [0.29, 0.717) is 18.8 Å². The van der Waals surface area contributed by atoms with E-state index in [1.54, 1.807) is 13.2 Å². The maximum Gasteiger partial charge on any atom is 0.191 e. The Hall–Kier alpha value is -2.16. The lowest BCUT2D eigenvalue weighted by Gasteiger charge is -2.23. The van der Waals surface area contributed by atoms with Gasteiger partial charge in [-0.25, -0.2) is 4.99 Å². The monoisotopic (exact) mass is 527 g/mol. The van der Waals surface area contributed by atoms with Gasteiger partial charge in [-0.3, -0.25) is 0 Å². The zero-order chi connectivity index (χ0) is 21.3. The first kappa shape index (κ1) is 25.9. The van der Waals surface area contributed by atoms with Crippen LogP contribution in [0.25, 0.3) is 0 Å². The number of aliphatic imine (C=N–C) groups is 1. The number of benzene rings is 2. The predicted octanol–water partition coefficient (Wildman–Crippen LogP) is 4.49. The summed E-state index contributed by atoms with van der Waals surface area (Å²) < 4.78 is 11.2. The van der Waals surface area contributed by atoms with E-state index in [1.165, 1.54) is 0 Å². The fourth-order valence-corrected chi connectivity index (χ4v) is 2.77. The molecule has 3 N–H and O–H groups in total. The molecule has 0 saturated carbocycles. The Morgan fingerprint density at radius 2 is 1.80 bits per heavy atom. The molecule has 30 heavy (non-hydrogen) atoms. The first-order valence-electron chi connectivity index (χ1n) is 9.97. The van der Waals surface area contributed by atoms with Crippen molar-refractivity contribution in [3.05, 3.63) is 53.6 Å². The van der Waals surface area contributed by atoms with E-state index in [2.05, 4.69) is 10.6 Å². The van der Waals surface area contributed by atoms with Crippen LogP contribution >= 0.6 is 24.0 Å². The van der Waals surface area contributed by atoms with Crippen LogP contribution in [0.15, 0.2) is 47.5 Å². The standard InChI is InChI=1S/C23H33N3O3.HI/c1-6-24-22(25-14-13-17-11-12-19(27)21(15-17)28-5)26-16-18-9-7-8-10-20(18)29-23(2,3)4;/h7-12,15,27H,6,13-14,16H2,1-5H3,(H2,24,25,26);1H. The smallest absolute Gasteiger partial charge is 0.191 e. The highest BCUT2D eigenvalue weighted by molar-refractivity contribution is 14.0. The minimum Gasteiger partial charge on any atom is -0.504 e. The van der Waals surface area contributed by atoms with Gasteiger partial charge >= 0.3 is 0 Å². The van der Waals surface area contributed by atoms with Crippen molar-refractivity contribution in [3.8, 4) is 17.2 Å². The van der Waals surface area contributed by atoms with Crippen molar-refractivity contribution >= 4 is 29.9 Å². The number of hydrogen-bond acceptors (Lipinski definition) is 4. The number of nitrogens with one attached hydrogen (secondary N) is 2. The molecular weight excluding hydrogens is 493 g/mol. The van der Waals surface area contributed by atoms with E-state index in [1.807, 2.05) is 64.1 Å². The van der Waals surface area contributed by atoms with E-state index in [9.17, 15) is 5.11 Å². The number of rotatable bonds is 8. The minimum absolute atomic E-state index is 0. The molecular formula is C23H34IN3O3. The Morgan fingerprint density at radius 3 is 2.47 bits per heavy atom. The average Bonchev–Trinajstić information content (AvgIpc) is 2.67. The van der Waals surface area contributed by atoms with Crippen LogP contribution in [-0.2, 0) is 13.0 Å². The number of methoxy groups -OCH3 is 1. The number of nitrogens with zero attached hydrogens (tertiary/aromatic N) is 1. The van der Waals surface area contributed by atoms with Crippen molar-refractivity contribution in [2.75, 3.05) is 20.2 Å². The predicted molar refractivity (Wildman–Crippen MR) is 133 cm³/mol. The summed E-state index contributed by atoms with van der Waals surface area (Å²) in [7, 11) is 1.55. The fraction of sp³-hybridized carbons (Fsp3) is 0.435. The first-order chi connectivity index (χ1) is 13.8. The number of phenols is 1. The Labute approximate surface area is 197 Å². The van der Waals surface area contributed by atoms with Crippen molar-refractivity contribution in [1.29, 1.82) is 0 Å². The molecule has 0 aliphatic heterocycles. The lowest BCUT2D eigenvalue weighted by molar-refractivity contribution is 0.129.